The van der Waals surface area contributed by atoms with Crippen LogP contribution >= 0.6 is 11.8 Å². The smallest absolute Gasteiger partial charge is 0.238 e. The summed E-state index contributed by atoms with van der Waals surface area (Å²) in [5.74, 6) is -1.56. The topological polar surface area (TPSA) is 49.4 Å². The molecule has 30 heavy (non-hydrogen) atoms. The Morgan fingerprint density at radius 2 is 2.03 bits per heavy atom. The van der Waals surface area contributed by atoms with E-state index in [1.54, 1.807) is 12.1 Å². The lowest BCUT2D eigenvalue weighted by Gasteiger charge is -2.25. The zero-order chi connectivity index (χ0) is 21.7. The number of benzene rings is 2. The van der Waals surface area contributed by atoms with Crippen molar-refractivity contribution in [2.45, 2.75) is 44.9 Å². The maximum absolute atomic E-state index is 14.3. The minimum absolute atomic E-state index is 0.0142. The molecular formula is C23H26F2N2O2S. The fourth-order valence-corrected chi connectivity index (χ4v) is 4.75. The molecule has 2 aromatic carbocycles. The number of halogens is 2. The fraction of sp³-hybridized carbons (Fsp3) is 0.391. The van der Waals surface area contributed by atoms with Crippen molar-refractivity contribution in [2.75, 3.05) is 16.0 Å². The first kappa shape index (κ1) is 22.3. The summed E-state index contributed by atoms with van der Waals surface area (Å²) in [4.78, 5) is 26.5. The number of thioether (sulfide) groups is 1. The molecule has 4 nitrogen and oxygen atoms in total. The third-order valence-corrected chi connectivity index (χ3v) is 6.46. The number of carbonyl (C=O) groups excluding carboxylic acids is 2. The Labute approximate surface area is 180 Å². The summed E-state index contributed by atoms with van der Waals surface area (Å²) in [6, 6.07) is 10.5. The van der Waals surface area contributed by atoms with Crippen LogP contribution in [0.4, 0.5) is 20.2 Å². The summed E-state index contributed by atoms with van der Waals surface area (Å²) in [7, 11) is 0. The maximum atomic E-state index is 14.3. The van der Waals surface area contributed by atoms with Gasteiger partial charge in [-0.25, -0.2) is 8.78 Å². The molecule has 2 amide bonds. The Morgan fingerprint density at radius 1 is 1.23 bits per heavy atom. The van der Waals surface area contributed by atoms with E-state index in [0.717, 1.165) is 43.4 Å². The predicted octanol–water partition coefficient (Wildman–Crippen LogP) is 5.90. The first-order valence-electron chi connectivity index (χ1n) is 10.2. The van der Waals surface area contributed by atoms with E-state index in [9.17, 15) is 18.4 Å². The van der Waals surface area contributed by atoms with Gasteiger partial charge in [-0.1, -0.05) is 38.8 Å². The molecule has 3 rings (SSSR count). The van der Waals surface area contributed by atoms with Crippen molar-refractivity contribution >= 4 is 35.0 Å². The average molecular weight is 433 g/mol. The molecule has 1 aliphatic heterocycles. The van der Waals surface area contributed by atoms with E-state index in [2.05, 4.69) is 12.2 Å². The molecule has 160 valence electrons. The molecule has 0 unspecified atom stereocenters. The first-order valence-corrected chi connectivity index (χ1v) is 11.3. The highest BCUT2D eigenvalue weighted by Gasteiger charge is 2.35. The van der Waals surface area contributed by atoms with Gasteiger partial charge < -0.3 is 5.32 Å². The number of unbranched alkanes of at least 4 members (excludes halogenated alkanes) is 1. The van der Waals surface area contributed by atoms with Crippen LogP contribution in [-0.2, 0) is 9.59 Å². The fourth-order valence-electron chi connectivity index (χ4n) is 3.59. The van der Waals surface area contributed by atoms with Gasteiger partial charge in [-0.2, -0.15) is 0 Å². The van der Waals surface area contributed by atoms with Crippen molar-refractivity contribution in [3.8, 4) is 0 Å². The van der Waals surface area contributed by atoms with E-state index in [1.807, 2.05) is 19.1 Å². The van der Waals surface area contributed by atoms with Crippen LogP contribution in [0.3, 0.4) is 0 Å². The molecule has 0 bridgehead atoms. The highest BCUT2D eigenvalue weighted by molar-refractivity contribution is 8.00. The van der Waals surface area contributed by atoms with Crippen molar-refractivity contribution in [1.82, 2.24) is 0 Å². The lowest BCUT2D eigenvalue weighted by atomic mass is 9.98. The maximum Gasteiger partial charge on any atom is 0.238 e. The van der Waals surface area contributed by atoms with Gasteiger partial charge in [0.2, 0.25) is 11.8 Å². The lowest BCUT2D eigenvalue weighted by molar-refractivity contribution is -0.120. The Morgan fingerprint density at radius 3 is 2.73 bits per heavy atom. The number of rotatable bonds is 8. The van der Waals surface area contributed by atoms with Crippen molar-refractivity contribution in [3.63, 3.8) is 0 Å². The summed E-state index contributed by atoms with van der Waals surface area (Å²) < 4.78 is 27.7. The largest absolute Gasteiger partial charge is 0.326 e. The van der Waals surface area contributed by atoms with Crippen LogP contribution in [0.25, 0.3) is 0 Å². The zero-order valence-electron chi connectivity index (χ0n) is 17.2. The van der Waals surface area contributed by atoms with E-state index >= 15 is 0 Å². The van der Waals surface area contributed by atoms with Crippen LogP contribution in [0.2, 0.25) is 0 Å². The second-order valence-corrected chi connectivity index (χ2v) is 8.45. The van der Waals surface area contributed by atoms with E-state index < -0.39 is 17.0 Å². The highest BCUT2D eigenvalue weighted by atomic mass is 32.2. The minimum atomic E-state index is -0.776. The number of hydrogen-bond acceptors (Lipinski definition) is 3. The second kappa shape index (κ2) is 10.1. The summed E-state index contributed by atoms with van der Waals surface area (Å²) >= 11 is 1.37. The summed E-state index contributed by atoms with van der Waals surface area (Å²) in [6.45, 7) is 4.11. The molecule has 0 radical (unpaired) electrons. The molecule has 1 heterocycles. The van der Waals surface area contributed by atoms with Gasteiger partial charge in [0.1, 0.15) is 17.0 Å². The van der Waals surface area contributed by atoms with Gasteiger partial charge in [0, 0.05) is 17.7 Å². The molecule has 0 spiro atoms. The Balaban J connectivity index is 1.82. The second-order valence-electron chi connectivity index (χ2n) is 7.38. The standard InChI is InChI=1S/C23H26F2N2O2S/c1-3-5-7-15(4-2)22(29)26-18-9-6-8-16(12-18)23-27(21(28)14-30-23)20-11-10-17(24)13-19(20)25/h6,8-13,15,23H,3-5,7,14H2,1-2H3,(H,26,29)/t15-,23+/m1/s1. The van der Waals surface area contributed by atoms with Crippen molar-refractivity contribution < 1.29 is 18.4 Å². The van der Waals surface area contributed by atoms with Gasteiger partial charge >= 0.3 is 0 Å². The van der Waals surface area contributed by atoms with Gasteiger partial charge in [-0.3, -0.25) is 14.5 Å². The third-order valence-electron chi connectivity index (χ3n) is 5.25. The van der Waals surface area contributed by atoms with Crippen LogP contribution in [0.5, 0.6) is 0 Å². The lowest BCUT2D eigenvalue weighted by Crippen LogP contribution is -2.29. The van der Waals surface area contributed by atoms with E-state index in [1.165, 1.54) is 22.7 Å². The normalized spacial score (nSPS) is 17.3. The van der Waals surface area contributed by atoms with Crippen LogP contribution in [-0.4, -0.2) is 17.6 Å². The van der Waals surface area contributed by atoms with Gasteiger partial charge in [-0.15, -0.1) is 11.8 Å². The first-order chi connectivity index (χ1) is 14.4. The molecule has 0 saturated carbocycles. The van der Waals surface area contributed by atoms with E-state index in [0.29, 0.717) is 5.69 Å². The Hall–Kier alpha value is -2.41. The SMILES string of the molecule is CCCC[C@@H](CC)C(=O)Nc1cccc([C@@H]2SCC(=O)N2c2ccc(F)cc2F)c1. The zero-order valence-corrected chi connectivity index (χ0v) is 18.0. The summed E-state index contributed by atoms with van der Waals surface area (Å²) in [5, 5.41) is 2.53. The van der Waals surface area contributed by atoms with Crippen LogP contribution in [0, 0.1) is 17.6 Å². The molecule has 0 aromatic heterocycles. The molecule has 1 fully saturated rings. The number of carbonyl (C=O) groups is 2. The van der Waals surface area contributed by atoms with Gasteiger partial charge in [0.25, 0.3) is 0 Å². The molecule has 1 N–H and O–H groups in total. The molecule has 7 heteroatoms. The van der Waals surface area contributed by atoms with Crippen LogP contribution < -0.4 is 10.2 Å². The number of nitrogens with one attached hydrogen (secondary N) is 1. The molecular weight excluding hydrogens is 406 g/mol. The van der Waals surface area contributed by atoms with Crippen molar-refractivity contribution in [1.29, 1.82) is 0 Å². The van der Waals surface area contributed by atoms with Crippen molar-refractivity contribution in [3.05, 3.63) is 59.7 Å². The molecule has 2 aromatic rings. The summed E-state index contributed by atoms with van der Waals surface area (Å²) in [6.07, 6.45) is 3.67. The number of amides is 2. The third kappa shape index (κ3) is 5.01. The minimum Gasteiger partial charge on any atom is -0.326 e. The Kier molecular flexibility index (Phi) is 7.48. The quantitative estimate of drug-likeness (QED) is 0.565. The Bertz CT molecular complexity index is 922. The van der Waals surface area contributed by atoms with Gasteiger partial charge in [-0.05, 0) is 42.7 Å². The summed E-state index contributed by atoms with van der Waals surface area (Å²) in [5.41, 5.74) is 1.47. The number of hydrogen-bond donors (Lipinski definition) is 1. The molecule has 2 atom stereocenters. The van der Waals surface area contributed by atoms with Gasteiger partial charge in [0.15, 0.2) is 0 Å². The predicted molar refractivity (Wildman–Crippen MR) is 117 cm³/mol. The average Bonchev–Trinajstić information content (AvgIpc) is 3.10. The highest BCUT2D eigenvalue weighted by Crippen LogP contribution is 2.43. The molecule has 1 saturated heterocycles. The monoisotopic (exact) mass is 432 g/mol. The molecule has 1 aliphatic rings. The van der Waals surface area contributed by atoms with E-state index in [4.69, 9.17) is 0 Å². The molecule has 0 aliphatic carbocycles. The van der Waals surface area contributed by atoms with Gasteiger partial charge in [0.05, 0.1) is 11.4 Å². The van der Waals surface area contributed by atoms with Crippen LogP contribution in [0.1, 0.15) is 50.5 Å². The van der Waals surface area contributed by atoms with Crippen LogP contribution in [0.15, 0.2) is 42.5 Å². The number of nitrogens with zero attached hydrogens (tertiary/aromatic N) is 1. The van der Waals surface area contributed by atoms with Crippen molar-refractivity contribution in [2.24, 2.45) is 5.92 Å². The van der Waals surface area contributed by atoms with E-state index in [-0.39, 0.29) is 29.2 Å². The number of anilines is 2.